The number of carboxylic acids is 1. The first kappa shape index (κ1) is 12.6. The summed E-state index contributed by atoms with van der Waals surface area (Å²) in [6.45, 7) is 1.86. The minimum Gasteiger partial charge on any atom is -0.478 e. The molecule has 3 nitrogen and oxygen atoms in total. The summed E-state index contributed by atoms with van der Waals surface area (Å²) in [5.41, 5.74) is -0.0238. The van der Waals surface area contributed by atoms with Gasteiger partial charge in [-0.05, 0) is 30.5 Å². The third-order valence-electron chi connectivity index (χ3n) is 2.57. The van der Waals surface area contributed by atoms with Gasteiger partial charge in [-0.25, -0.2) is 9.18 Å². The van der Waals surface area contributed by atoms with Crippen LogP contribution in [0.3, 0.4) is 0 Å². The highest BCUT2D eigenvalue weighted by atomic mass is 32.1. The molecule has 1 atom stereocenters. The fourth-order valence-electron chi connectivity index (χ4n) is 1.67. The van der Waals surface area contributed by atoms with Gasteiger partial charge in [-0.15, -0.1) is 11.3 Å². The second-order valence-corrected chi connectivity index (χ2v) is 4.83. The van der Waals surface area contributed by atoms with Crippen LogP contribution in [-0.4, -0.2) is 11.1 Å². The van der Waals surface area contributed by atoms with E-state index >= 15 is 0 Å². The van der Waals surface area contributed by atoms with Crippen molar-refractivity contribution < 1.29 is 14.3 Å². The molecule has 18 heavy (non-hydrogen) atoms. The summed E-state index contributed by atoms with van der Waals surface area (Å²) >= 11 is 1.54. The summed E-state index contributed by atoms with van der Waals surface area (Å²) in [6.07, 6.45) is 0. The van der Waals surface area contributed by atoms with Crippen LogP contribution in [0.4, 0.5) is 10.1 Å². The lowest BCUT2D eigenvalue weighted by molar-refractivity contribution is 0.0697. The van der Waals surface area contributed by atoms with E-state index in [1.165, 1.54) is 29.5 Å². The van der Waals surface area contributed by atoms with E-state index in [0.29, 0.717) is 0 Å². The summed E-state index contributed by atoms with van der Waals surface area (Å²) < 4.78 is 13.7. The molecule has 5 heteroatoms. The first-order valence-corrected chi connectivity index (χ1v) is 6.29. The molecule has 0 spiro atoms. The lowest BCUT2D eigenvalue weighted by atomic mass is 10.1. The number of carboxylic acid groups (broad SMARTS) is 1. The van der Waals surface area contributed by atoms with Crippen molar-refractivity contribution in [3.8, 4) is 0 Å². The fraction of sp³-hybridized carbons (Fsp3) is 0.154. The second-order valence-electron chi connectivity index (χ2n) is 3.85. The van der Waals surface area contributed by atoms with Gasteiger partial charge >= 0.3 is 5.97 Å². The molecular weight excluding hydrogens is 253 g/mol. The Hall–Kier alpha value is -1.88. The summed E-state index contributed by atoms with van der Waals surface area (Å²) in [5, 5.41) is 13.9. The van der Waals surface area contributed by atoms with E-state index in [2.05, 4.69) is 5.32 Å². The van der Waals surface area contributed by atoms with Crippen molar-refractivity contribution in [1.29, 1.82) is 0 Å². The molecule has 94 valence electrons. The van der Waals surface area contributed by atoms with E-state index in [-0.39, 0.29) is 17.3 Å². The third-order valence-corrected chi connectivity index (χ3v) is 3.63. The molecule has 0 saturated heterocycles. The van der Waals surface area contributed by atoms with Crippen LogP contribution < -0.4 is 5.32 Å². The van der Waals surface area contributed by atoms with E-state index in [9.17, 15) is 9.18 Å². The van der Waals surface area contributed by atoms with Crippen LogP contribution in [0.2, 0.25) is 0 Å². The molecule has 0 aliphatic heterocycles. The van der Waals surface area contributed by atoms with E-state index in [0.717, 1.165) is 4.88 Å². The van der Waals surface area contributed by atoms with Gasteiger partial charge in [-0.1, -0.05) is 12.1 Å². The summed E-state index contributed by atoms with van der Waals surface area (Å²) in [4.78, 5) is 12.1. The van der Waals surface area contributed by atoms with Gasteiger partial charge in [0.2, 0.25) is 0 Å². The molecule has 2 rings (SSSR count). The number of anilines is 1. The fourth-order valence-corrected chi connectivity index (χ4v) is 2.41. The average Bonchev–Trinajstić information content (AvgIpc) is 2.85. The summed E-state index contributed by atoms with van der Waals surface area (Å²) in [5.74, 6) is -1.70. The van der Waals surface area contributed by atoms with Gasteiger partial charge in [0.25, 0.3) is 0 Å². The predicted molar refractivity (Wildman–Crippen MR) is 69.7 cm³/mol. The lowest BCUT2D eigenvalue weighted by Crippen LogP contribution is -2.11. The van der Waals surface area contributed by atoms with Gasteiger partial charge in [-0.2, -0.15) is 0 Å². The molecule has 0 radical (unpaired) electrons. The van der Waals surface area contributed by atoms with Crippen molar-refractivity contribution in [2.45, 2.75) is 13.0 Å². The highest BCUT2D eigenvalue weighted by Crippen LogP contribution is 2.27. The van der Waals surface area contributed by atoms with Gasteiger partial charge in [0.1, 0.15) is 5.82 Å². The number of aromatic carboxylic acids is 1. The number of halogens is 1. The van der Waals surface area contributed by atoms with Gasteiger partial charge in [-0.3, -0.25) is 0 Å². The Bertz CT molecular complexity index is 554. The van der Waals surface area contributed by atoms with Crippen LogP contribution in [0, 0.1) is 5.82 Å². The van der Waals surface area contributed by atoms with Crippen LogP contribution in [0.15, 0.2) is 35.7 Å². The Morgan fingerprint density at radius 1 is 1.39 bits per heavy atom. The second kappa shape index (κ2) is 5.18. The number of hydrogen-bond donors (Lipinski definition) is 2. The zero-order valence-corrected chi connectivity index (χ0v) is 10.5. The highest BCUT2D eigenvalue weighted by molar-refractivity contribution is 7.10. The number of hydrogen-bond acceptors (Lipinski definition) is 3. The van der Waals surface area contributed by atoms with Gasteiger partial charge in [0.15, 0.2) is 0 Å². The SMILES string of the molecule is CC(Nc1c(F)cccc1C(=O)O)c1cccs1. The van der Waals surface area contributed by atoms with E-state index in [4.69, 9.17) is 5.11 Å². The normalized spacial score (nSPS) is 12.1. The molecule has 1 unspecified atom stereocenters. The Morgan fingerprint density at radius 2 is 2.17 bits per heavy atom. The van der Waals surface area contributed by atoms with Crippen molar-refractivity contribution in [2.75, 3.05) is 5.32 Å². The minimum absolute atomic E-state index is 0.0332. The molecular formula is C13H12FNO2S. The first-order chi connectivity index (χ1) is 8.59. The molecule has 2 aromatic rings. The van der Waals surface area contributed by atoms with Crippen molar-refractivity contribution >= 4 is 23.0 Å². The largest absolute Gasteiger partial charge is 0.478 e. The number of carbonyl (C=O) groups is 1. The quantitative estimate of drug-likeness (QED) is 0.885. The van der Waals surface area contributed by atoms with Crippen LogP contribution in [0.5, 0.6) is 0 Å². The topological polar surface area (TPSA) is 49.3 Å². The maximum atomic E-state index is 13.7. The Morgan fingerprint density at radius 3 is 2.78 bits per heavy atom. The molecule has 0 fully saturated rings. The van der Waals surface area contributed by atoms with Crippen molar-refractivity contribution in [2.24, 2.45) is 0 Å². The molecule has 1 aromatic heterocycles. The average molecular weight is 265 g/mol. The number of rotatable bonds is 4. The Balaban J connectivity index is 2.31. The Kier molecular flexibility index (Phi) is 3.62. The number of benzene rings is 1. The van der Waals surface area contributed by atoms with Crippen LogP contribution in [0.1, 0.15) is 28.2 Å². The van der Waals surface area contributed by atoms with Crippen molar-refractivity contribution in [3.05, 3.63) is 52.0 Å². The van der Waals surface area contributed by atoms with Gasteiger partial charge in [0, 0.05) is 4.88 Å². The molecule has 0 aliphatic carbocycles. The van der Waals surface area contributed by atoms with E-state index in [1.807, 2.05) is 24.4 Å². The molecule has 1 heterocycles. The standard InChI is InChI=1S/C13H12FNO2S/c1-8(11-6-3-7-18-11)15-12-9(13(16)17)4-2-5-10(12)14/h2-8,15H,1H3,(H,16,17). The molecule has 0 saturated carbocycles. The molecule has 2 N–H and O–H groups in total. The van der Waals surface area contributed by atoms with E-state index < -0.39 is 11.8 Å². The number of thiophene rings is 1. The highest BCUT2D eigenvalue weighted by Gasteiger charge is 2.16. The monoisotopic (exact) mass is 265 g/mol. The van der Waals surface area contributed by atoms with Gasteiger partial charge in [0.05, 0.1) is 17.3 Å². The molecule has 0 aliphatic rings. The first-order valence-electron chi connectivity index (χ1n) is 5.41. The predicted octanol–water partition coefficient (Wildman–Crippen LogP) is 3.76. The molecule has 0 amide bonds. The summed E-state index contributed by atoms with van der Waals surface area (Å²) in [6, 6.07) is 7.70. The van der Waals surface area contributed by atoms with Gasteiger partial charge < -0.3 is 10.4 Å². The lowest BCUT2D eigenvalue weighted by Gasteiger charge is -2.16. The third kappa shape index (κ3) is 2.51. The van der Waals surface area contributed by atoms with Crippen LogP contribution in [-0.2, 0) is 0 Å². The van der Waals surface area contributed by atoms with Crippen LogP contribution in [0.25, 0.3) is 0 Å². The van der Waals surface area contributed by atoms with E-state index in [1.54, 1.807) is 0 Å². The number of nitrogens with one attached hydrogen (secondary N) is 1. The Labute approximate surface area is 108 Å². The molecule has 1 aromatic carbocycles. The maximum Gasteiger partial charge on any atom is 0.337 e. The van der Waals surface area contributed by atoms with Crippen molar-refractivity contribution in [1.82, 2.24) is 0 Å². The van der Waals surface area contributed by atoms with Crippen molar-refractivity contribution in [3.63, 3.8) is 0 Å². The number of para-hydroxylation sites is 1. The minimum atomic E-state index is -1.14. The summed E-state index contributed by atoms with van der Waals surface area (Å²) in [7, 11) is 0. The zero-order valence-electron chi connectivity index (χ0n) is 9.68. The zero-order chi connectivity index (χ0) is 13.1. The smallest absolute Gasteiger partial charge is 0.337 e. The molecule has 0 bridgehead atoms. The van der Waals surface area contributed by atoms with Crippen LogP contribution >= 0.6 is 11.3 Å². The maximum absolute atomic E-state index is 13.7.